The Bertz CT molecular complexity index is 525. The third-order valence-electron chi connectivity index (χ3n) is 2.81. The fourth-order valence-electron chi connectivity index (χ4n) is 1.89. The van der Waals surface area contributed by atoms with Gasteiger partial charge in [-0.05, 0) is 43.2 Å². The molecule has 2 aromatic carbocycles. The maximum atomic E-state index is 12.8. The fraction of sp³-hybridized carbons (Fsp3) is 0.250. The van der Waals surface area contributed by atoms with Gasteiger partial charge in [0.25, 0.3) is 0 Å². The summed E-state index contributed by atoms with van der Waals surface area (Å²) in [6.45, 7) is 2.04. The van der Waals surface area contributed by atoms with E-state index in [9.17, 15) is 9.50 Å². The highest BCUT2D eigenvalue weighted by atomic mass is 32.2. The Morgan fingerprint density at radius 3 is 2.58 bits per heavy atom. The van der Waals surface area contributed by atoms with Crippen molar-refractivity contribution in [2.75, 3.05) is 5.75 Å². The minimum Gasteiger partial charge on any atom is -0.392 e. The highest BCUT2D eigenvalue weighted by Crippen LogP contribution is 2.20. The van der Waals surface area contributed by atoms with E-state index < -0.39 is 6.10 Å². The lowest BCUT2D eigenvalue weighted by atomic mass is 10.1. The van der Waals surface area contributed by atoms with Gasteiger partial charge in [0.2, 0.25) is 0 Å². The topological polar surface area (TPSA) is 20.2 Å². The maximum absolute atomic E-state index is 12.8. The minimum atomic E-state index is -0.392. The summed E-state index contributed by atoms with van der Waals surface area (Å²) in [7, 11) is 0. The van der Waals surface area contributed by atoms with E-state index >= 15 is 0 Å². The molecule has 0 spiro atoms. The van der Waals surface area contributed by atoms with Crippen LogP contribution in [0.2, 0.25) is 0 Å². The number of halogens is 1. The molecule has 1 N–H and O–H groups in total. The number of aliphatic hydroxyl groups is 1. The van der Waals surface area contributed by atoms with Crippen molar-refractivity contribution in [1.82, 2.24) is 0 Å². The molecule has 0 amide bonds. The Balaban J connectivity index is 1.84. The number of aryl methyl sites for hydroxylation is 1. The van der Waals surface area contributed by atoms with Gasteiger partial charge in [-0.1, -0.05) is 29.8 Å². The maximum Gasteiger partial charge on any atom is 0.123 e. The molecule has 1 atom stereocenters. The van der Waals surface area contributed by atoms with Crippen LogP contribution in [0.15, 0.2) is 53.4 Å². The lowest BCUT2D eigenvalue weighted by Crippen LogP contribution is -2.13. The van der Waals surface area contributed by atoms with Crippen molar-refractivity contribution in [1.29, 1.82) is 0 Å². The van der Waals surface area contributed by atoms with Crippen LogP contribution in [0.3, 0.4) is 0 Å². The SMILES string of the molecule is Cc1cccc(CC(O)CSc2ccc(F)cc2)c1. The Labute approximate surface area is 117 Å². The number of thioether (sulfide) groups is 1. The lowest BCUT2D eigenvalue weighted by molar-refractivity contribution is 0.200. The summed E-state index contributed by atoms with van der Waals surface area (Å²) in [6, 6.07) is 14.5. The quantitative estimate of drug-likeness (QED) is 0.838. The van der Waals surface area contributed by atoms with Crippen LogP contribution >= 0.6 is 11.8 Å². The number of hydrogen-bond donors (Lipinski definition) is 1. The van der Waals surface area contributed by atoms with Gasteiger partial charge in [-0.15, -0.1) is 11.8 Å². The number of benzene rings is 2. The molecule has 1 unspecified atom stereocenters. The molecule has 0 aliphatic rings. The standard InChI is InChI=1S/C16H17FOS/c1-12-3-2-4-13(9-12)10-15(18)11-19-16-7-5-14(17)6-8-16/h2-9,15,18H,10-11H2,1H3. The summed E-state index contributed by atoms with van der Waals surface area (Å²) in [6.07, 6.45) is 0.257. The normalized spacial score (nSPS) is 12.4. The summed E-state index contributed by atoms with van der Waals surface area (Å²) >= 11 is 1.54. The zero-order chi connectivity index (χ0) is 13.7. The molecule has 1 nitrogen and oxygen atoms in total. The lowest BCUT2D eigenvalue weighted by Gasteiger charge is -2.10. The van der Waals surface area contributed by atoms with Gasteiger partial charge in [-0.25, -0.2) is 4.39 Å². The van der Waals surface area contributed by atoms with Crippen molar-refractivity contribution in [3.05, 3.63) is 65.5 Å². The van der Waals surface area contributed by atoms with E-state index in [0.717, 1.165) is 10.5 Å². The van der Waals surface area contributed by atoms with Crippen LogP contribution in [0.5, 0.6) is 0 Å². The van der Waals surface area contributed by atoms with E-state index in [2.05, 4.69) is 6.07 Å². The van der Waals surface area contributed by atoms with Gasteiger partial charge in [-0.3, -0.25) is 0 Å². The first-order chi connectivity index (χ1) is 9.13. The average Bonchev–Trinajstić information content (AvgIpc) is 2.38. The zero-order valence-electron chi connectivity index (χ0n) is 10.8. The largest absolute Gasteiger partial charge is 0.392 e. The molecule has 0 saturated heterocycles. The van der Waals surface area contributed by atoms with E-state index in [0.29, 0.717) is 12.2 Å². The number of rotatable bonds is 5. The Morgan fingerprint density at radius 1 is 1.16 bits per heavy atom. The highest BCUT2D eigenvalue weighted by Gasteiger charge is 2.07. The highest BCUT2D eigenvalue weighted by molar-refractivity contribution is 7.99. The van der Waals surface area contributed by atoms with Gasteiger partial charge in [-0.2, -0.15) is 0 Å². The van der Waals surface area contributed by atoms with E-state index in [-0.39, 0.29) is 5.82 Å². The van der Waals surface area contributed by atoms with Crippen LogP contribution in [-0.2, 0) is 6.42 Å². The van der Waals surface area contributed by atoms with Gasteiger partial charge in [0.05, 0.1) is 6.10 Å². The van der Waals surface area contributed by atoms with Crippen molar-refractivity contribution in [3.8, 4) is 0 Å². The molecule has 3 heteroatoms. The van der Waals surface area contributed by atoms with Crippen LogP contribution in [-0.4, -0.2) is 17.0 Å². The minimum absolute atomic E-state index is 0.232. The zero-order valence-corrected chi connectivity index (χ0v) is 11.7. The molecule has 100 valence electrons. The first-order valence-corrected chi connectivity index (χ1v) is 7.24. The summed E-state index contributed by atoms with van der Waals surface area (Å²) in [4.78, 5) is 0.977. The molecular weight excluding hydrogens is 259 g/mol. The summed E-state index contributed by atoms with van der Waals surface area (Å²) < 4.78 is 12.8. The second kappa shape index (κ2) is 6.73. The van der Waals surface area contributed by atoms with Gasteiger partial charge in [0, 0.05) is 10.6 Å². The first-order valence-electron chi connectivity index (χ1n) is 6.25. The number of aliphatic hydroxyl groups excluding tert-OH is 1. The van der Waals surface area contributed by atoms with Crippen molar-refractivity contribution >= 4 is 11.8 Å². The fourth-order valence-corrected chi connectivity index (χ4v) is 2.72. The molecule has 0 aromatic heterocycles. The third-order valence-corrected chi connectivity index (χ3v) is 3.97. The molecule has 2 aromatic rings. The average molecular weight is 276 g/mol. The van der Waals surface area contributed by atoms with Crippen molar-refractivity contribution < 1.29 is 9.50 Å². The van der Waals surface area contributed by atoms with Crippen molar-refractivity contribution in [2.45, 2.75) is 24.3 Å². The predicted molar refractivity (Wildman–Crippen MR) is 78.0 cm³/mol. The van der Waals surface area contributed by atoms with Crippen molar-refractivity contribution in [3.63, 3.8) is 0 Å². The second-order valence-electron chi connectivity index (χ2n) is 4.61. The van der Waals surface area contributed by atoms with Crippen LogP contribution in [0.25, 0.3) is 0 Å². The third kappa shape index (κ3) is 4.69. The first kappa shape index (κ1) is 14.1. The molecule has 0 aliphatic heterocycles. The van der Waals surface area contributed by atoms with Crippen LogP contribution < -0.4 is 0 Å². The van der Waals surface area contributed by atoms with Crippen LogP contribution in [0, 0.1) is 12.7 Å². The van der Waals surface area contributed by atoms with E-state index in [1.54, 1.807) is 23.9 Å². The molecule has 0 aliphatic carbocycles. The second-order valence-corrected chi connectivity index (χ2v) is 5.71. The van der Waals surface area contributed by atoms with Gasteiger partial charge >= 0.3 is 0 Å². The van der Waals surface area contributed by atoms with Gasteiger partial charge < -0.3 is 5.11 Å². The van der Waals surface area contributed by atoms with E-state index in [1.165, 1.54) is 17.7 Å². The predicted octanol–water partition coefficient (Wildman–Crippen LogP) is 3.83. The smallest absolute Gasteiger partial charge is 0.123 e. The van der Waals surface area contributed by atoms with E-state index in [4.69, 9.17) is 0 Å². The van der Waals surface area contributed by atoms with Crippen LogP contribution in [0.1, 0.15) is 11.1 Å². The molecule has 0 heterocycles. The molecule has 0 fully saturated rings. The molecule has 0 saturated carbocycles. The molecule has 0 radical (unpaired) electrons. The van der Waals surface area contributed by atoms with Crippen molar-refractivity contribution in [2.24, 2.45) is 0 Å². The van der Waals surface area contributed by atoms with Crippen LogP contribution in [0.4, 0.5) is 4.39 Å². The molecule has 19 heavy (non-hydrogen) atoms. The molecular formula is C16H17FOS. The number of hydrogen-bond acceptors (Lipinski definition) is 2. The van der Waals surface area contributed by atoms with Gasteiger partial charge in [0.15, 0.2) is 0 Å². The summed E-state index contributed by atoms with van der Waals surface area (Å²) in [5.41, 5.74) is 2.35. The Hall–Kier alpha value is -1.32. The Morgan fingerprint density at radius 2 is 1.89 bits per heavy atom. The van der Waals surface area contributed by atoms with Gasteiger partial charge in [0.1, 0.15) is 5.82 Å². The Kier molecular flexibility index (Phi) is 5.00. The summed E-state index contributed by atoms with van der Waals surface area (Å²) in [5, 5.41) is 10.0. The summed E-state index contributed by atoms with van der Waals surface area (Å²) in [5.74, 6) is 0.379. The monoisotopic (exact) mass is 276 g/mol. The molecule has 2 rings (SSSR count). The van der Waals surface area contributed by atoms with E-state index in [1.807, 2.05) is 25.1 Å². The molecule has 0 bridgehead atoms.